The van der Waals surface area contributed by atoms with Crippen LogP contribution < -0.4 is 0 Å². The molecule has 0 atom stereocenters. The molecule has 18 heavy (non-hydrogen) atoms. The molecule has 0 saturated carbocycles. The maximum atomic E-state index is 8.22. The van der Waals surface area contributed by atoms with Crippen molar-refractivity contribution in [1.29, 1.82) is 0 Å². The zero-order valence-electron chi connectivity index (χ0n) is 9.88. The Bertz CT molecular complexity index is 582. The second-order valence-corrected chi connectivity index (χ2v) is 4.17. The molecule has 2 heteroatoms. The fourth-order valence-corrected chi connectivity index (χ4v) is 2.11. The van der Waals surface area contributed by atoms with Gasteiger partial charge in [0.2, 0.25) is 0 Å². The first-order valence-electron chi connectivity index (χ1n) is 5.90. The second-order valence-electron chi connectivity index (χ2n) is 4.17. The van der Waals surface area contributed by atoms with Crippen molar-refractivity contribution in [1.82, 2.24) is 4.68 Å². The molecule has 0 saturated heterocycles. The van der Waals surface area contributed by atoms with Crippen molar-refractivity contribution in [2.75, 3.05) is 0 Å². The molecule has 88 valence electrons. The standard InChI is InChI=1S/C16H13N2/c17-18-15(13-7-3-1-4-8-13)11-12-16(18)14-9-5-2-6-10-14/h1-12,17H/q-1. The molecule has 0 bridgehead atoms. The summed E-state index contributed by atoms with van der Waals surface area (Å²) in [4.78, 5) is 0. The van der Waals surface area contributed by atoms with Gasteiger partial charge in [-0.2, -0.15) is 0 Å². The normalized spacial score (nSPS) is 10.4. The minimum atomic E-state index is 0.912. The van der Waals surface area contributed by atoms with Crippen LogP contribution in [-0.4, -0.2) is 4.68 Å². The highest BCUT2D eigenvalue weighted by molar-refractivity contribution is 5.70. The minimum Gasteiger partial charge on any atom is -0.631 e. The molecule has 2 nitrogen and oxygen atoms in total. The predicted molar refractivity (Wildman–Crippen MR) is 75.0 cm³/mol. The zero-order valence-corrected chi connectivity index (χ0v) is 9.88. The van der Waals surface area contributed by atoms with Crippen LogP contribution in [0.2, 0.25) is 0 Å². The first kappa shape index (κ1) is 10.7. The van der Waals surface area contributed by atoms with Crippen LogP contribution in [0.15, 0.2) is 72.8 Å². The van der Waals surface area contributed by atoms with Gasteiger partial charge in [0.1, 0.15) is 0 Å². The second kappa shape index (κ2) is 4.41. The first-order chi connectivity index (χ1) is 8.86. The SMILES string of the molecule is [NH-]n1c(-c2ccccc2)ccc1-c1ccccc1. The Kier molecular flexibility index (Phi) is 2.61. The summed E-state index contributed by atoms with van der Waals surface area (Å²) in [7, 11) is 0. The third-order valence-corrected chi connectivity index (χ3v) is 3.02. The van der Waals surface area contributed by atoms with Gasteiger partial charge in [0.15, 0.2) is 0 Å². The van der Waals surface area contributed by atoms with Crippen LogP contribution in [0.5, 0.6) is 0 Å². The maximum Gasteiger partial charge on any atom is 0.0346 e. The van der Waals surface area contributed by atoms with E-state index in [4.69, 9.17) is 5.84 Å². The first-order valence-corrected chi connectivity index (χ1v) is 5.90. The van der Waals surface area contributed by atoms with Gasteiger partial charge in [0.05, 0.1) is 0 Å². The maximum absolute atomic E-state index is 8.22. The molecule has 0 aliphatic carbocycles. The lowest BCUT2D eigenvalue weighted by molar-refractivity contribution is 1.12. The summed E-state index contributed by atoms with van der Waals surface area (Å²) >= 11 is 0. The monoisotopic (exact) mass is 233 g/mol. The summed E-state index contributed by atoms with van der Waals surface area (Å²) in [6.45, 7) is 0. The number of benzene rings is 2. The van der Waals surface area contributed by atoms with Crippen LogP contribution in [0.3, 0.4) is 0 Å². The largest absolute Gasteiger partial charge is 0.631 e. The van der Waals surface area contributed by atoms with Gasteiger partial charge in [-0.1, -0.05) is 60.7 Å². The number of rotatable bonds is 2. The van der Waals surface area contributed by atoms with E-state index in [0.717, 1.165) is 22.5 Å². The number of nitrogens with one attached hydrogen (secondary N) is 1. The van der Waals surface area contributed by atoms with Gasteiger partial charge in [-0.25, -0.2) is 0 Å². The van der Waals surface area contributed by atoms with E-state index in [1.165, 1.54) is 4.68 Å². The van der Waals surface area contributed by atoms with E-state index < -0.39 is 0 Å². The van der Waals surface area contributed by atoms with Crippen molar-refractivity contribution in [3.63, 3.8) is 0 Å². The molecule has 3 aromatic rings. The van der Waals surface area contributed by atoms with Gasteiger partial charge in [-0.3, -0.25) is 0 Å². The Labute approximate surface area is 106 Å². The number of hydrogen-bond acceptors (Lipinski definition) is 0. The lowest BCUT2D eigenvalue weighted by Gasteiger charge is -2.16. The zero-order chi connectivity index (χ0) is 12.4. The number of hydrogen-bond donors (Lipinski definition) is 0. The molecule has 0 fully saturated rings. The van der Waals surface area contributed by atoms with E-state index in [2.05, 4.69) is 0 Å². The van der Waals surface area contributed by atoms with Crippen LogP contribution in [0.1, 0.15) is 0 Å². The van der Waals surface area contributed by atoms with E-state index in [9.17, 15) is 0 Å². The smallest absolute Gasteiger partial charge is 0.0346 e. The molecule has 0 aliphatic heterocycles. The van der Waals surface area contributed by atoms with Crippen molar-refractivity contribution < 1.29 is 0 Å². The van der Waals surface area contributed by atoms with Gasteiger partial charge in [0, 0.05) is 11.4 Å². The van der Waals surface area contributed by atoms with Crippen molar-refractivity contribution in [3.05, 3.63) is 78.6 Å². The lowest BCUT2D eigenvalue weighted by atomic mass is 10.2. The van der Waals surface area contributed by atoms with Gasteiger partial charge in [-0.15, -0.1) is 0 Å². The predicted octanol–water partition coefficient (Wildman–Crippen LogP) is 4.64. The summed E-state index contributed by atoms with van der Waals surface area (Å²) in [6, 6.07) is 24.0. The average molecular weight is 233 g/mol. The van der Waals surface area contributed by atoms with Crippen molar-refractivity contribution >= 4 is 0 Å². The van der Waals surface area contributed by atoms with E-state index in [0.29, 0.717) is 0 Å². The van der Waals surface area contributed by atoms with E-state index in [1.807, 2.05) is 72.8 Å². The quantitative estimate of drug-likeness (QED) is 0.617. The molecule has 1 N–H and O–H groups in total. The topological polar surface area (TPSA) is 28.7 Å². The molecule has 1 aromatic heterocycles. The molecule has 3 rings (SSSR count). The highest BCUT2D eigenvalue weighted by Crippen LogP contribution is 2.28. The van der Waals surface area contributed by atoms with Crippen molar-refractivity contribution in [2.24, 2.45) is 0 Å². The van der Waals surface area contributed by atoms with Crippen LogP contribution in [-0.2, 0) is 0 Å². The van der Waals surface area contributed by atoms with Crippen LogP contribution in [0.25, 0.3) is 28.4 Å². The van der Waals surface area contributed by atoms with E-state index in [-0.39, 0.29) is 0 Å². The molecule has 0 spiro atoms. The number of aromatic nitrogens is 1. The highest BCUT2D eigenvalue weighted by Gasteiger charge is 2.04. The molecule has 1 heterocycles. The summed E-state index contributed by atoms with van der Waals surface area (Å²) < 4.78 is 1.49. The fraction of sp³-hybridized carbons (Fsp3) is 0. The third-order valence-electron chi connectivity index (χ3n) is 3.02. The van der Waals surface area contributed by atoms with Gasteiger partial charge in [-0.05, 0) is 23.3 Å². The van der Waals surface area contributed by atoms with Crippen LogP contribution >= 0.6 is 0 Å². The van der Waals surface area contributed by atoms with E-state index in [1.54, 1.807) is 0 Å². The molecule has 0 radical (unpaired) electrons. The minimum absolute atomic E-state index is 0.912. The summed E-state index contributed by atoms with van der Waals surface area (Å²) in [5.41, 5.74) is 3.95. The summed E-state index contributed by atoms with van der Waals surface area (Å²) in [5, 5.41) is 0. The number of nitrogens with zero attached hydrogens (tertiary/aromatic N) is 1. The fourth-order valence-electron chi connectivity index (χ4n) is 2.11. The highest BCUT2D eigenvalue weighted by atomic mass is 15.3. The van der Waals surface area contributed by atoms with Gasteiger partial charge < -0.3 is 10.5 Å². The van der Waals surface area contributed by atoms with Gasteiger partial charge in [0.25, 0.3) is 0 Å². The Hall–Kier alpha value is -2.48. The Morgan fingerprint density at radius 2 is 0.944 bits per heavy atom. The van der Waals surface area contributed by atoms with Crippen LogP contribution in [0.4, 0.5) is 0 Å². The summed E-state index contributed by atoms with van der Waals surface area (Å²) in [6.07, 6.45) is 0. The Morgan fingerprint density at radius 3 is 1.33 bits per heavy atom. The molecule has 0 unspecified atom stereocenters. The molecule has 0 aliphatic rings. The van der Waals surface area contributed by atoms with Crippen LogP contribution in [0, 0.1) is 0 Å². The van der Waals surface area contributed by atoms with Crippen molar-refractivity contribution in [2.45, 2.75) is 0 Å². The molecular weight excluding hydrogens is 220 g/mol. The summed E-state index contributed by atoms with van der Waals surface area (Å²) in [5.74, 6) is 8.22. The van der Waals surface area contributed by atoms with Crippen molar-refractivity contribution in [3.8, 4) is 22.5 Å². The van der Waals surface area contributed by atoms with Gasteiger partial charge >= 0.3 is 0 Å². The molecule has 0 amide bonds. The lowest BCUT2D eigenvalue weighted by Crippen LogP contribution is -1.90. The average Bonchev–Trinajstić information content (AvgIpc) is 2.83. The molecular formula is C16H13N2-. The third kappa shape index (κ3) is 1.78. The Balaban J connectivity index is 2.09. The van der Waals surface area contributed by atoms with E-state index >= 15 is 0 Å². The Morgan fingerprint density at radius 1 is 0.556 bits per heavy atom. The molecule has 2 aromatic carbocycles.